The molecular formula is C17H16ClFN2O2S. The van der Waals surface area contributed by atoms with Gasteiger partial charge < -0.3 is 10.2 Å². The van der Waals surface area contributed by atoms with Crippen LogP contribution in [0, 0.1) is 11.7 Å². The molecule has 1 N–H and O–H groups in total. The van der Waals surface area contributed by atoms with Crippen molar-refractivity contribution in [3.63, 3.8) is 0 Å². The topological polar surface area (TPSA) is 49.4 Å². The molecule has 0 bridgehead atoms. The molecule has 1 saturated heterocycles. The molecule has 7 heteroatoms. The SMILES string of the molecule is O=C(Nc1ccc(Cl)cc1F)C1CCN(C(=O)c2cccs2)CC1. The summed E-state index contributed by atoms with van der Waals surface area (Å²) in [4.78, 5) is 27.0. The summed E-state index contributed by atoms with van der Waals surface area (Å²) in [5.74, 6) is -0.999. The third-order valence-corrected chi connectivity index (χ3v) is 5.17. The van der Waals surface area contributed by atoms with Crippen LogP contribution >= 0.6 is 22.9 Å². The number of carbonyl (C=O) groups excluding carboxylic acids is 2. The molecule has 3 rings (SSSR count). The van der Waals surface area contributed by atoms with E-state index < -0.39 is 5.82 Å². The molecule has 2 aromatic rings. The minimum atomic E-state index is -0.554. The van der Waals surface area contributed by atoms with Crippen LogP contribution in [0.1, 0.15) is 22.5 Å². The van der Waals surface area contributed by atoms with Gasteiger partial charge in [-0.05, 0) is 42.5 Å². The number of benzene rings is 1. The van der Waals surface area contributed by atoms with Crippen LogP contribution in [0.15, 0.2) is 35.7 Å². The maximum Gasteiger partial charge on any atom is 0.263 e. The lowest BCUT2D eigenvalue weighted by atomic mass is 9.95. The first kappa shape index (κ1) is 16.9. The van der Waals surface area contributed by atoms with Gasteiger partial charge in [-0.2, -0.15) is 0 Å². The van der Waals surface area contributed by atoms with E-state index in [1.807, 2.05) is 11.4 Å². The Labute approximate surface area is 148 Å². The zero-order chi connectivity index (χ0) is 17.1. The van der Waals surface area contributed by atoms with Gasteiger partial charge in [-0.15, -0.1) is 11.3 Å². The van der Waals surface area contributed by atoms with Gasteiger partial charge in [0.15, 0.2) is 0 Å². The lowest BCUT2D eigenvalue weighted by Gasteiger charge is -2.31. The Bertz CT molecular complexity index is 743. The van der Waals surface area contributed by atoms with E-state index in [0.29, 0.717) is 30.8 Å². The van der Waals surface area contributed by atoms with Crippen molar-refractivity contribution in [2.45, 2.75) is 12.8 Å². The molecule has 4 nitrogen and oxygen atoms in total. The number of piperidine rings is 1. The quantitative estimate of drug-likeness (QED) is 0.891. The molecule has 0 atom stereocenters. The average molecular weight is 367 g/mol. The fourth-order valence-electron chi connectivity index (χ4n) is 2.73. The fourth-order valence-corrected chi connectivity index (χ4v) is 3.58. The Kier molecular flexibility index (Phi) is 5.16. The summed E-state index contributed by atoms with van der Waals surface area (Å²) in [5, 5.41) is 4.76. The van der Waals surface area contributed by atoms with E-state index >= 15 is 0 Å². The van der Waals surface area contributed by atoms with Crippen molar-refractivity contribution in [2.24, 2.45) is 5.92 Å². The molecule has 1 aliphatic rings. The zero-order valence-electron chi connectivity index (χ0n) is 12.8. The zero-order valence-corrected chi connectivity index (χ0v) is 14.4. The molecule has 1 aromatic heterocycles. The van der Waals surface area contributed by atoms with Gasteiger partial charge in [-0.25, -0.2) is 4.39 Å². The van der Waals surface area contributed by atoms with E-state index in [4.69, 9.17) is 11.6 Å². The highest BCUT2D eigenvalue weighted by Crippen LogP contribution is 2.24. The summed E-state index contributed by atoms with van der Waals surface area (Å²) < 4.78 is 13.8. The van der Waals surface area contributed by atoms with Gasteiger partial charge in [0.2, 0.25) is 5.91 Å². The highest BCUT2D eigenvalue weighted by Gasteiger charge is 2.28. The predicted molar refractivity (Wildman–Crippen MR) is 93.0 cm³/mol. The molecule has 126 valence electrons. The summed E-state index contributed by atoms with van der Waals surface area (Å²) in [6, 6.07) is 7.79. The molecule has 0 radical (unpaired) electrons. The molecule has 0 aliphatic carbocycles. The van der Waals surface area contributed by atoms with Crippen LogP contribution < -0.4 is 5.32 Å². The van der Waals surface area contributed by atoms with E-state index in [-0.39, 0.29) is 28.4 Å². The van der Waals surface area contributed by atoms with Crippen LogP contribution in [-0.4, -0.2) is 29.8 Å². The Morgan fingerprint density at radius 2 is 2.00 bits per heavy atom. The summed E-state index contributed by atoms with van der Waals surface area (Å²) in [5.41, 5.74) is 0.126. The van der Waals surface area contributed by atoms with E-state index in [1.165, 1.54) is 29.5 Å². The van der Waals surface area contributed by atoms with Crippen LogP contribution in [0.2, 0.25) is 5.02 Å². The van der Waals surface area contributed by atoms with Gasteiger partial charge in [0.05, 0.1) is 10.6 Å². The van der Waals surface area contributed by atoms with Crippen molar-refractivity contribution < 1.29 is 14.0 Å². The minimum absolute atomic E-state index is 0.00704. The normalized spacial score (nSPS) is 15.3. The molecule has 0 unspecified atom stereocenters. The third-order valence-electron chi connectivity index (χ3n) is 4.07. The smallest absolute Gasteiger partial charge is 0.263 e. The number of rotatable bonds is 3. The highest BCUT2D eigenvalue weighted by molar-refractivity contribution is 7.12. The van der Waals surface area contributed by atoms with Gasteiger partial charge in [0.25, 0.3) is 5.91 Å². The number of amides is 2. The van der Waals surface area contributed by atoms with Crippen molar-refractivity contribution in [3.8, 4) is 0 Å². The molecule has 1 aliphatic heterocycles. The second-order valence-electron chi connectivity index (χ2n) is 5.66. The Morgan fingerprint density at radius 3 is 2.62 bits per heavy atom. The Balaban J connectivity index is 1.56. The van der Waals surface area contributed by atoms with Crippen LogP contribution in [-0.2, 0) is 4.79 Å². The second kappa shape index (κ2) is 7.32. The first-order valence-corrected chi connectivity index (χ1v) is 8.89. The summed E-state index contributed by atoms with van der Waals surface area (Å²) in [6.45, 7) is 1.05. The summed E-state index contributed by atoms with van der Waals surface area (Å²) in [7, 11) is 0. The van der Waals surface area contributed by atoms with Gasteiger partial charge in [0, 0.05) is 24.0 Å². The van der Waals surface area contributed by atoms with Gasteiger partial charge in [-0.1, -0.05) is 17.7 Å². The first-order chi connectivity index (χ1) is 11.5. The number of carbonyl (C=O) groups is 2. The Hall–Kier alpha value is -1.92. The van der Waals surface area contributed by atoms with Crippen LogP contribution in [0.3, 0.4) is 0 Å². The maximum absolute atomic E-state index is 13.8. The average Bonchev–Trinajstić information content (AvgIpc) is 3.11. The van der Waals surface area contributed by atoms with Crippen LogP contribution in [0.25, 0.3) is 0 Å². The van der Waals surface area contributed by atoms with Gasteiger partial charge >= 0.3 is 0 Å². The molecule has 0 spiro atoms. The number of anilines is 1. The van der Waals surface area contributed by atoms with Crippen molar-refractivity contribution in [2.75, 3.05) is 18.4 Å². The Morgan fingerprint density at radius 1 is 1.25 bits per heavy atom. The molecule has 24 heavy (non-hydrogen) atoms. The number of nitrogens with one attached hydrogen (secondary N) is 1. The molecule has 0 saturated carbocycles. The number of hydrogen-bond donors (Lipinski definition) is 1. The number of likely N-dealkylation sites (tertiary alicyclic amines) is 1. The molecule has 1 fully saturated rings. The van der Waals surface area contributed by atoms with Crippen LogP contribution in [0.4, 0.5) is 10.1 Å². The molecular weight excluding hydrogens is 351 g/mol. The van der Waals surface area contributed by atoms with E-state index in [1.54, 1.807) is 11.0 Å². The molecule has 2 heterocycles. The van der Waals surface area contributed by atoms with Crippen LogP contribution in [0.5, 0.6) is 0 Å². The first-order valence-electron chi connectivity index (χ1n) is 7.63. The highest BCUT2D eigenvalue weighted by atomic mass is 35.5. The van der Waals surface area contributed by atoms with Crippen molar-refractivity contribution in [3.05, 3.63) is 51.4 Å². The van der Waals surface area contributed by atoms with Crippen molar-refractivity contribution in [1.82, 2.24) is 4.90 Å². The van der Waals surface area contributed by atoms with E-state index in [9.17, 15) is 14.0 Å². The lowest BCUT2D eigenvalue weighted by Crippen LogP contribution is -2.41. The fraction of sp³-hybridized carbons (Fsp3) is 0.294. The van der Waals surface area contributed by atoms with Crippen molar-refractivity contribution in [1.29, 1.82) is 0 Å². The van der Waals surface area contributed by atoms with Gasteiger partial charge in [-0.3, -0.25) is 9.59 Å². The standard InChI is InChI=1S/C17H16ClFN2O2S/c18-12-3-4-14(13(19)10-12)20-16(22)11-5-7-21(8-6-11)17(23)15-2-1-9-24-15/h1-4,9-11H,5-8H2,(H,20,22). The number of nitrogens with zero attached hydrogens (tertiary/aromatic N) is 1. The second-order valence-corrected chi connectivity index (χ2v) is 7.04. The summed E-state index contributed by atoms with van der Waals surface area (Å²) in [6.07, 6.45) is 1.14. The van der Waals surface area contributed by atoms with E-state index in [0.717, 1.165) is 0 Å². The molecule has 1 aromatic carbocycles. The van der Waals surface area contributed by atoms with Gasteiger partial charge in [0.1, 0.15) is 5.82 Å². The monoisotopic (exact) mass is 366 g/mol. The largest absolute Gasteiger partial charge is 0.338 e. The third kappa shape index (κ3) is 3.76. The van der Waals surface area contributed by atoms with E-state index in [2.05, 4.69) is 5.32 Å². The lowest BCUT2D eigenvalue weighted by molar-refractivity contribution is -0.121. The number of halogens is 2. The summed E-state index contributed by atoms with van der Waals surface area (Å²) >= 11 is 7.11. The predicted octanol–water partition coefficient (Wildman–Crippen LogP) is 4.03. The molecule has 2 amide bonds. The minimum Gasteiger partial charge on any atom is -0.338 e. The number of thiophene rings is 1. The maximum atomic E-state index is 13.8. The van der Waals surface area contributed by atoms with Crippen molar-refractivity contribution >= 4 is 40.4 Å². The number of hydrogen-bond acceptors (Lipinski definition) is 3.